The number of amides is 1. The van der Waals surface area contributed by atoms with Crippen molar-refractivity contribution in [3.05, 3.63) is 117 Å². The zero-order chi connectivity index (χ0) is 23.8. The molecule has 3 heterocycles. The first kappa shape index (κ1) is 21.6. The molecule has 0 spiro atoms. The molecule has 1 unspecified atom stereocenters. The van der Waals surface area contributed by atoms with Gasteiger partial charge in [-0.1, -0.05) is 36.9 Å². The summed E-state index contributed by atoms with van der Waals surface area (Å²) in [6.45, 7) is 8.19. The minimum Gasteiger partial charge on any atom is -0.490 e. The van der Waals surface area contributed by atoms with Crippen molar-refractivity contribution >= 4 is 16.9 Å². The largest absolute Gasteiger partial charge is 0.490 e. The Kier molecular flexibility index (Phi) is 5.49. The van der Waals surface area contributed by atoms with E-state index in [1.54, 1.807) is 23.4 Å². The van der Waals surface area contributed by atoms with E-state index in [0.29, 0.717) is 35.4 Å². The van der Waals surface area contributed by atoms with E-state index in [0.717, 1.165) is 22.3 Å². The van der Waals surface area contributed by atoms with E-state index in [1.807, 2.05) is 62.4 Å². The Morgan fingerprint density at radius 1 is 1.15 bits per heavy atom. The number of nitrogens with zero attached hydrogens (tertiary/aromatic N) is 2. The molecule has 0 aliphatic carbocycles. The van der Waals surface area contributed by atoms with Crippen LogP contribution in [0.5, 0.6) is 5.75 Å². The van der Waals surface area contributed by atoms with Crippen LogP contribution in [-0.4, -0.2) is 22.4 Å². The summed E-state index contributed by atoms with van der Waals surface area (Å²) < 4.78 is 11.7. The predicted octanol–water partition coefficient (Wildman–Crippen LogP) is 5.12. The third kappa shape index (κ3) is 3.67. The first-order valence-electron chi connectivity index (χ1n) is 11.1. The topological polar surface area (TPSA) is 72.6 Å². The molecule has 0 bridgehead atoms. The zero-order valence-electron chi connectivity index (χ0n) is 19.1. The van der Waals surface area contributed by atoms with Crippen LogP contribution in [0.4, 0.5) is 0 Å². The van der Waals surface area contributed by atoms with E-state index in [2.05, 4.69) is 11.6 Å². The van der Waals surface area contributed by atoms with Gasteiger partial charge in [0.25, 0.3) is 5.91 Å². The summed E-state index contributed by atoms with van der Waals surface area (Å²) in [4.78, 5) is 33.2. The molecule has 0 fully saturated rings. The number of benzene rings is 2. The Labute approximate surface area is 197 Å². The fraction of sp³-hybridized carbons (Fsp3) is 0.179. The first-order chi connectivity index (χ1) is 16.5. The lowest BCUT2D eigenvalue weighted by atomic mass is 9.97. The number of hydrogen-bond acceptors (Lipinski definition) is 5. The van der Waals surface area contributed by atoms with Gasteiger partial charge < -0.3 is 14.1 Å². The summed E-state index contributed by atoms with van der Waals surface area (Å²) in [7, 11) is 0. The second-order valence-corrected chi connectivity index (χ2v) is 8.50. The Morgan fingerprint density at radius 2 is 1.94 bits per heavy atom. The van der Waals surface area contributed by atoms with Gasteiger partial charge in [0.15, 0.2) is 5.43 Å². The van der Waals surface area contributed by atoms with Crippen molar-refractivity contribution in [3.63, 3.8) is 0 Å². The van der Waals surface area contributed by atoms with Gasteiger partial charge in [0.1, 0.15) is 17.9 Å². The molecule has 1 aliphatic rings. The van der Waals surface area contributed by atoms with Gasteiger partial charge in [-0.3, -0.25) is 14.6 Å². The molecule has 170 valence electrons. The Balaban J connectivity index is 1.69. The maximum atomic E-state index is 13.8. The smallest absolute Gasteiger partial charge is 0.291 e. The summed E-state index contributed by atoms with van der Waals surface area (Å²) in [5.74, 6) is 0.476. The molecular formula is C28H24N2O4. The highest BCUT2D eigenvalue weighted by Crippen LogP contribution is 2.40. The molecule has 0 saturated heterocycles. The highest BCUT2D eigenvalue weighted by molar-refractivity contribution is 5.99. The third-order valence-electron chi connectivity index (χ3n) is 6.04. The summed E-state index contributed by atoms with van der Waals surface area (Å²) in [5.41, 5.74) is 4.11. The average molecular weight is 453 g/mol. The monoisotopic (exact) mass is 452 g/mol. The number of carbonyl (C=O) groups excluding carboxylic acids is 1. The molecule has 2 aromatic heterocycles. The van der Waals surface area contributed by atoms with Crippen molar-refractivity contribution < 1.29 is 13.9 Å². The van der Waals surface area contributed by atoms with E-state index < -0.39 is 6.04 Å². The maximum absolute atomic E-state index is 13.8. The second-order valence-electron chi connectivity index (χ2n) is 8.50. The lowest BCUT2D eigenvalue weighted by molar-refractivity contribution is 0.0714. The number of pyridine rings is 1. The number of aryl methyl sites for hydroxylation is 2. The Morgan fingerprint density at radius 3 is 2.65 bits per heavy atom. The van der Waals surface area contributed by atoms with Crippen molar-refractivity contribution in [1.29, 1.82) is 0 Å². The van der Waals surface area contributed by atoms with Gasteiger partial charge in [-0.15, -0.1) is 0 Å². The van der Waals surface area contributed by atoms with Crippen LogP contribution >= 0.6 is 0 Å². The van der Waals surface area contributed by atoms with Crippen LogP contribution in [0.25, 0.3) is 11.0 Å². The summed E-state index contributed by atoms with van der Waals surface area (Å²) in [6.07, 6.45) is 5.08. The first-order valence-corrected chi connectivity index (χ1v) is 11.1. The van der Waals surface area contributed by atoms with Gasteiger partial charge in [-0.25, -0.2) is 0 Å². The van der Waals surface area contributed by atoms with Crippen molar-refractivity contribution in [1.82, 2.24) is 9.88 Å². The molecule has 6 heteroatoms. The number of ether oxygens (including phenoxy) is 1. The molecule has 0 N–H and O–H groups in total. The zero-order valence-corrected chi connectivity index (χ0v) is 19.1. The van der Waals surface area contributed by atoms with Gasteiger partial charge in [-0.2, -0.15) is 0 Å². The van der Waals surface area contributed by atoms with E-state index in [-0.39, 0.29) is 17.1 Å². The SMILES string of the molecule is C=CCOc1ccc(C2c3c(oc4c(C)cc(C)cc4c3=O)C(=O)N2Cc2cccnc2)cc1. The van der Waals surface area contributed by atoms with E-state index in [9.17, 15) is 9.59 Å². The van der Waals surface area contributed by atoms with Crippen LogP contribution in [0, 0.1) is 13.8 Å². The Hall–Kier alpha value is -4.19. The van der Waals surface area contributed by atoms with Crippen molar-refractivity contribution in [2.45, 2.75) is 26.4 Å². The minimum atomic E-state index is -0.586. The molecule has 6 nitrogen and oxygen atoms in total. The summed E-state index contributed by atoms with van der Waals surface area (Å²) >= 11 is 0. The van der Waals surface area contributed by atoms with E-state index in [1.165, 1.54) is 0 Å². The molecule has 2 aromatic carbocycles. The van der Waals surface area contributed by atoms with Crippen molar-refractivity contribution in [3.8, 4) is 5.75 Å². The number of carbonyl (C=O) groups is 1. The van der Waals surface area contributed by atoms with Crippen LogP contribution in [0.1, 0.15) is 44.4 Å². The van der Waals surface area contributed by atoms with Crippen molar-refractivity contribution in [2.24, 2.45) is 0 Å². The van der Waals surface area contributed by atoms with E-state index >= 15 is 0 Å². The molecule has 5 rings (SSSR count). The van der Waals surface area contributed by atoms with E-state index in [4.69, 9.17) is 9.15 Å². The van der Waals surface area contributed by atoms with Crippen LogP contribution in [-0.2, 0) is 6.54 Å². The standard InChI is InChI=1S/C28H24N2O4/c1-4-12-33-21-9-7-20(8-10-21)24-23-25(31)22-14-17(2)13-18(3)26(22)34-27(23)28(32)30(24)16-19-6-5-11-29-15-19/h4-11,13-15,24H,1,12,16H2,2-3H3. The molecule has 0 saturated carbocycles. The number of fused-ring (bicyclic) bond motifs is 2. The number of rotatable bonds is 6. The predicted molar refractivity (Wildman–Crippen MR) is 130 cm³/mol. The molecule has 1 amide bonds. The quantitative estimate of drug-likeness (QED) is 0.380. The van der Waals surface area contributed by atoms with Crippen LogP contribution in [0.15, 0.2) is 82.8 Å². The van der Waals surface area contributed by atoms with Gasteiger partial charge >= 0.3 is 0 Å². The fourth-order valence-electron chi connectivity index (χ4n) is 4.57. The number of hydrogen-bond donors (Lipinski definition) is 0. The van der Waals surface area contributed by atoms with Gasteiger partial charge in [-0.05, 0) is 60.4 Å². The highest BCUT2D eigenvalue weighted by atomic mass is 16.5. The lowest BCUT2D eigenvalue weighted by Gasteiger charge is -2.25. The average Bonchev–Trinajstić information content (AvgIpc) is 3.11. The maximum Gasteiger partial charge on any atom is 0.291 e. The van der Waals surface area contributed by atoms with Gasteiger partial charge in [0, 0.05) is 18.9 Å². The number of aromatic nitrogens is 1. The molecule has 0 radical (unpaired) electrons. The van der Waals surface area contributed by atoms with Crippen molar-refractivity contribution in [2.75, 3.05) is 6.61 Å². The third-order valence-corrected chi connectivity index (χ3v) is 6.04. The summed E-state index contributed by atoms with van der Waals surface area (Å²) in [6, 6.07) is 14.4. The molecular weight excluding hydrogens is 428 g/mol. The van der Waals surface area contributed by atoms with Gasteiger partial charge in [0.05, 0.1) is 17.0 Å². The lowest BCUT2D eigenvalue weighted by Crippen LogP contribution is -2.29. The van der Waals surface area contributed by atoms with Crippen LogP contribution in [0.3, 0.4) is 0 Å². The van der Waals surface area contributed by atoms with Crippen LogP contribution < -0.4 is 10.2 Å². The molecule has 1 aliphatic heterocycles. The van der Waals surface area contributed by atoms with Gasteiger partial charge in [0.2, 0.25) is 5.76 Å². The summed E-state index contributed by atoms with van der Waals surface area (Å²) in [5, 5.41) is 0.489. The fourth-order valence-corrected chi connectivity index (χ4v) is 4.57. The molecule has 34 heavy (non-hydrogen) atoms. The highest BCUT2D eigenvalue weighted by Gasteiger charge is 2.42. The second kappa shape index (κ2) is 8.63. The normalized spacial score (nSPS) is 14.9. The minimum absolute atomic E-state index is 0.102. The molecule has 1 atom stereocenters. The van der Waals surface area contributed by atoms with Crippen LogP contribution in [0.2, 0.25) is 0 Å². The Bertz CT molecular complexity index is 1460. The molecule has 4 aromatic rings.